The SMILES string of the molecule is NC(=O)[C@H](Cc1ccccc1)NC(=O)[C@H](Cc1ccc(NC(=O)CBr)cc1)NC(=O)[C@@H]1CCCN1C(=O)[C@@H](N)Cc1ccc(O)cc1. The van der Waals surface area contributed by atoms with E-state index >= 15 is 0 Å². The van der Waals surface area contributed by atoms with E-state index in [-0.39, 0.29) is 36.2 Å². The Morgan fingerprint density at radius 3 is 2.06 bits per heavy atom. The molecule has 13 heteroatoms. The number of hydrogen-bond acceptors (Lipinski definition) is 7. The molecule has 3 aromatic rings. The molecule has 4 rings (SSSR count). The molecule has 0 saturated carbocycles. The van der Waals surface area contributed by atoms with E-state index in [1.54, 1.807) is 36.4 Å². The summed E-state index contributed by atoms with van der Waals surface area (Å²) in [6.45, 7) is 0.333. The molecule has 1 heterocycles. The molecular formula is C34H39BrN6O6. The fraction of sp³-hybridized carbons (Fsp3) is 0.324. The number of aromatic hydroxyl groups is 1. The average Bonchev–Trinajstić information content (AvgIpc) is 3.56. The predicted molar refractivity (Wildman–Crippen MR) is 180 cm³/mol. The van der Waals surface area contributed by atoms with Gasteiger partial charge in [0.05, 0.1) is 11.4 Å². The lowest BCUT2D eigenvalue weighted by Gasteiger charge is -2.29. The van der Waals surface area contributed by atoms with E-state index in [0.29, 0.717) is 30.6 Å². The molecule has 47 heavy (non-hydrogen) atoms. The Kier molecular flexibility index (Phi) is 12.5. The molecule has 8 N–H and O–H groups in total. The van der Waals surface area contributed by atoms with E-state index < -0.39 is 47.8 Å². The molecule has 0 spiro atoms. The van der Waals surface area contributed by atoms with Crippen LogP contribution in [0, 0.1) is 0 Å². The summed E-state index contributed by atoms with van der Waals surface area (Å²) in [5.41, 5.74) is 14.7. The highest BCUT2D eigenvalue weighted by Crippen LogP contribution is 2.21. The van der Waals surface area contributed by atoms with E-state index in [9.17, 15) is 29.1 Å². The molecule has 3 aromatic carbocycles. The zero-order chi connectivity index (χ0) is 33.9. The number of phenolic OH excluding ortho intramolecular Hbond substituents is 1. The van der Waals surface area contributed by atoms with Crippen molar-refractivity contribution < 1.29 is 29.1 Å². The van der Waals surface area contributed by atoms with Gasteiger partial charge in [-0.05, 0) is 60.2 Å². The maximum absolute atomic E-state index is 13.7. The van der Waals surface area contributed by atoms with Gasteiger partial charge >= 0.3 is 0 Å². The molecule has 1 fully saturated rings. The normalized spacial score (nSPS) is 16.0. The lowest BCUT2D eigenvalue weighted by molar-refractivity contribution is -0.140. The molecule has 0 unspecified atom stereocenters. The molecule has 0 aliphatic carbocycles. The number of hydrogen-bond donors (Lipinski definition) is 6. The minimum atomic E-state index is -1.12. The highest BCUT2D eigenvalue weighted by atomic mass is 79.9. The summed E-state index contributed by atoms with van der Waals surface area (Å²) in [6.07, 6.45) is 1.40. The molecule has 4 atom stereocenters. The van der Waals surface area contributed by atoms with Gasteiger partial charge in [0.1, 0.15) is 23.9 Å². The highest BCUT2D eigenvalue weighted by molar-refractivity contribution is 9.09. The first-order valence-corrected chi connectivity index (χ1v) is 16.4. The smallest absolute Gasteiger partial charge is 0.243 e. The summed E-state index contributed by atoms with van der Waals surface area (Å²) in [7, 11) is 0. The Hall–Kier alpha value is -4.75. The number of rotatable bonds is 14. The fourth-order valence-corrected chi connectivity index (χ4v) is 5.61. The van der Waals surface area contributed by atoms with Crippen molar-refractivity contribution in [3.8, 4) is 5.75 Å². The van der Waals surface area contributed by atoms with Gasteiger partial charge in [-0.15, -0.1) is 0 Å². The first kappa shape index (κ1) is 35.1. The number of halogens is 1. The Balaban J connectivity index is 1.50. The van der Waals surface area contributed by atoms with Crippen LogP contribution in [0.5, 0.6) is 5.75 Å². The number of likely N-dealkylation sites (tertiary alicyclic amines) is 1. The molecule has 1 aliphatic heterocycles. The largest absolute Gasteiger partial charge is 0.508 e. The predicted octanol–water partition coefficient (Wildman–Crippen LogP) is 1.53. The highest BCUT2D eigenvalue weighted by Gasteiger charge is 2.38. The zero-order valence-corrected chi connectivity index (χ0v) is 27.3. The molecular weight excluding hydrogens is 668 g/mol. The first-order valence-electron chi connectivity index (χ1n) is 15.3. The van der Waals surface area contributed by atoms with Crippen molar-refractivity contribution in [2.45, 2.75) is 56.3 Å². The molecule has 248 valence electrons. The number of carbonyl (C=O) groups excluding carboxylic acids is 5. The van der Waals surface area contributed by atoms with Crippen molar-refractivity contribution in [1.82, 2.24) is 15.5 Å². The van der Waals surface area contributed by atoms with Gasteiger partial charge in [0, 0.05) is 25.1 Å². The number of anilines is 1. The van der Waals surface area contributed by atoms with Gasteiger partial charge in [-0.25, -0.2) is 0 Å². The van der Waals surface area contributed by atoms with Gasteiger partial charge in [0.25, 0.3) is 0 Å². The number of nitrogens with two attached hydrogens (primary N) is 2. The maximum atomic E-state index is 13.7. The van der Waals surface area contributed by atoms with E-state index in [1.807, 2.05) is 30.3 Å². The van der Waals surface area contributed by atoms with Gasteiger partial charge in [-0.3, -0.25) is 24.0 Å². The van der Waals surface area contributed by atoms with Crippen LogP contribution in [-0.2, 0) is 43.2 Å². The fourth-order valence-electron chi connectivity index (χ4n) is 5.47. The minimum absolute atomic E-state index is 0.0576. The number of phenols is 1. The van der Waals surface area contributed by atoms with Crippen LogP contribution in [0.2, 0.25) is 0 Å². The van der Waals surface area contributed by atoms with Crippen LogP contribution in [0.1, 0.15) is 29.5 Å². The topological polar surface area (TPSA) is 197 Å². The second kappa shape index (κ2) is 16.7. The summed E-state index contributed by atoms with van der Waals surface area (Å²) in [4.78, 5) is 66.3. The van der Waals surface area contributed by atoms with Crippen LogP contribution in [0.15, 0.2) is 78.9 Å². The Morgan fingerprint density at radius 1 is 0.830 bits per heavy atom. The summed E-state index contributed by atoms with van der Waals surface area (Å²) in [5.74, 6) is -2.38. The van der Waals surface area contributed by atoms with Crippen molar-refractivity contribution in [2.24, 2.45) is 11.5 Å². The summed E-state index contributed by atoms with van der Waals surface area (Å²) in [6, 6.07) is 18.4. The summed E-state index contributed by atoms with van der Waals surface area (Å²) < 4.78 is 0. The van der Waals surface area contributed by atoms with Gasteiger partial charge in [0.2, 0.25) is 29.5 Å². The third-order valence-electron chi connectivity index (χ3n) is 7.92. The van der Waals surface area contributed by atoms with Crippen LogP contribution < -0.4 is 27.4 Å². The second-order valence-electron chi connectivity index (χ2n) is 11.5. The minimum Gasteiger partial charge on any atom is -0.508 e. The standard InChI is InChI=1S/C34H39BrN6O6/c35-20-30(43)38-24-12-8-23(9-13-24)19-28(32(45)39-27(31(37)44)18-21-5-2-1-3-6-21)40-33(46)29-7-4-16-41(29)34(47)26(36)17-22-10-14-25(42)15-11-22/h1-3,5-6,8-15,26-29,42H,4,7,16-20,36H2,(H2,37,44)(H,38,43)(H,39,45)(H,40,46)/t26-,27-,28-,29-/m0/s1. The molecule has 0 bridgehead atoms. The lowest BCUT2D eigenvalue weighted by Crippen LogP contribution is -2.58. The van der Waals surface area contributed by atoms with Crippen molar-refractivity contribution >= 4 is 51.2 Å². The van der Waals surface area contributed by atoms with Crippen molar-refractivity contribution in [1.29, 1.82) is 0 Å². The van der Waals surface area contributed by atoms with Crippen LogP contribution in [0.4, 0.5) is 5.69 Å². The molecule has 0 radical (unpaired) electrons. The number of carbonyl (C=O) groups is 5. The van der Waals surface area contributed by atoms with Gasteiger partial charge in [0.15, 0.2) is 0 Å². The molecule has 5 amide bonds. The second-order valence-corrected chi connectivity index (χ2v) is 12.0. The molecule has 12 nitrogen and oxygen atoms in total. The van der Waals surface area contributed by atoms with E-state index in [0.717, 1.165) is 11.1 Å². The van der Waals surface area contributed by atoms with E-state index in [4.69, 9.17) is 11.5 Å². The quantitative estimate of drug-likeness (QED) is 0.137. The molecule has 1 saturated heterocycles. The molecule has 0 aromatic heterocycles. The van der Waals surface area contributed by atoms with Crippen LogP contribution in [0.25, 0.3) is 0 Å². The zero-order valence-electron chi connectivity index (χ0n) is 25.7. The monoisotopic (exact) mass is 706 g/mol. The summed E-state index contributed by atoms with van der Waals surface area (Å²) in [5, 5.41) is 17.9. The Labute approximate surface area is 281 Å². The number of nitrogens with zero attached hydrogens (tertiary/aromatic N) is 1. The number of amides is 5. The van der Waals surface area contributed by atoms with Gasteiger partial charge < -0.3 is 37.4 Å². The van der Waals surface area contributed by atoms with Crippen molar-refractivity contribution in [3.63, 3.8) is 0 Å². The van der Waals surface area contributed by atoms with Gasteiger partial charge in [-0.1, -0.05) is 70.5 Å². The van der Waals surface area contributed by atoms with Crippen molar-refractivity contribution in [2.75, 3.05) is 17.2 Å². The number of benzene rings is 3. The number of primary amides is 1. The Morgan fingerprint density at radius 2 is 1.43 bits per heavy atom. The first-order chi connectivity index (χ1) is 22.5. The third-order valence-corrected chi connectivity index (χ3v) is 8.43. The number of nitrogens with one attached hydrogen (secondary N) is 3. The maximum Gasteiger partial charge on any atom is 0.243 e. The van der Waals surface area contributed by atoms with Gasteiger partial charge in [-0.2, -0.15) is 0 Å². The van der Waals surface area contributed by atoms with Crippen LogP contribution in [-0.4, -0.2) is 75.6 Å². The van der Waals surface area contributed by atoms with E-state index in [2.05, 4.69) is 31.9 Å². The van der Waals surface area contributed by atoms with Crippen LogP contribution >= 0.6 is 15.9 Å². The van der Waals surface area contributed by atoms with Crippen LogP contribution in [0.3, 0.4) is 0 Å². The molecule has 1 aliphatic rings. The van der Waals surface area contributed by atoms with Crippen molar-refractivity contribution in [3.05, 3.63) is 95.6 Å². The van der Waals surface area contributed by atoms with E-state index in [1.165, 1.54) is 17.0 Å². The lowest BCUT2D eigenvalue weighted by atomic mass is 10.0. The Bertz CT molecular complexity index is 1550. The summed E-state index contributed by atoms with van der Waals surface area (Å²) >= 11 is 3.11. The third kappa shape index (κ3) is 10.1. The average molecular weight is 708 g/mol. The number of alkyl halides is 1.